The summed E-state index contributed by atoms with van der Waals surface area (Å²) in [6.07, 6.45) is 0.495. The van der Waals surface area contributed by atoms with Crippen LogP contribution in [0.1, 0.15) is 43.9 Å². The van der Waals surface area contributed by atoms with E-state index in [4.69, 9.17) is 23.2 Å². The summed E-state index contributed by atoms with van der Waals surface area (Å²) in [6, 6.07) is 12.9. The summed E-state index contributed by atoms with van der Waals surface area (Å²) in [4.78, 5) is 27.7. The molecule has 31 heavy (non-hydrogen) atoms. The molecule has 0 bridgehead atoms. The molecule has 0 radical (unpaired) electrons. The Labute approximate surface area is 199 Å². The molecule has 0 aromatic heterocycles. The molecule has 2 amide bonds. The van der Waals surface area contributed by atoms with Gasteiger partial charge in [-0.15, -0.1) is 11.8 Å². The first-order valence-electron chi connectivity index (χ1n) is 10.4. The van der Waals surface area contributed by atoms with Crippen molar-refractivity contribution in [1.82, 2.24) is 10.2 Å². The van der Waals surface area contributed by atoms with Gasteiger partial charge in [-0.1, -0.05) is 66.0 Å². The average molecular weight is 481 g/mol. The summed E-state index contributed by atoms with van der Waals surface area (Å²) in [5.41, 5.74) is 3.01. The van der Waals surface area contributed by atoms with E-state index in [1.807, 2.05) is 39.8 Å². The number of nitrogens with zero attached hydrogens (tertiary/aromatic N) is 1. The summed E-state index contributed by atoms with van der Waals surface area (Å²) in [5.74, 6) is 0.710. The smallest absolute Gasteiger partial charge is 0.243 e. The number of rotatable bonds is 10. The molecule has 7 heteroatoms. The molecule has 2 rings (SSSR count). The third-order valence-electron chi connectivity index (χ3n) is 4.78. The standard InChI is InChI=1S/C24H30Cl2N2O2S/c1-5-22(24(30)27-16(2)3)28(13-19-20(25)10-7-11-21(19)26)23(29)15-31-14-18-9-6-8-17(4)12-18/h6-12,16,22H,5,13-15H2,1-4H3,(H,27,30)/t22-/m0/s1. The van der Waals surface area contributed by atoms with Gasteiger partial charge in [-0.3, -0.25) is 9.59 Å². The van der Waals surface area contributed by atoms with Crippen LogP contribution in [0.2, 0.25) is 10.0 Å². The molecule has 2 aromatic rings. The molecular formula is C24H30Cl2N2O2S. The molecule has 0 saturated heterocycles. The highest BCUT2D eigenvalue weighted by atomic mass is 35.5. The molecule has 0 fully saturated rings. The largest absolute Gasteiger partial charge is 0.352 e. The number of carbonyl (C=O) groups excluding carboxylic acids is 2. The van der Waals surface area contributed by atoms with Crippen molar-refractivity contribution >= 4 is 46.8 Å². The SMILES string of the molecule is CC[C@@H](C(=O)NC(C)C)N(Cc1c(Cl)cccc1Cl)C(=O)CSCc1cccc(C)c1. The summed E-state index contributed by atoms with van der Waals surface area (Å²) >= 11 is 14.3. The third kappa shape index (κ3) is 7.74. The fraction of sp³-hybridized carbons (Fsp3) is 0.417. The molecule has 0 saturated carbocycles. The number of thioether (sulfide) groups is 1. The minimum Gasteiger partial charge on any atom is -0.352 e. The van der Waals surface area contributed by atoms with E-state index in [-0.39, 0.29) is 30.2 Å². The van der Waals surface area contributed by atoms with Gasteiger partial charge in [0.1, 0.15) is 6.04 Å². The van der Waals surface area contributed by atoms with E-state index in [0.29, 0.717) is 22.0 Å². The predicted octanol–water partition coefficient (Wildman–Crippen LogP) is 5.87. The second kappa shape index (κ2) is 12.4. The molecule has 0 aliphatic rings. The van der Waals surface area contributed by atoms with Crippen molar-refractivity contribution in [3.8, 4) is 0 Å². The Morgan fingerprint density at radius 2 is 1.74 bits per heavy atom. The predicted molar refractivity (Wildman–Crippen MR) is 132 cm³/mol. The van der Waals surface area contributed by atoms with E-state index in [2.05, 4.69) is 17.4 Å². The van der Waals surface area contributed by atoms with Crippen LogP contribution >= 0.6 is 35.0 Å². The summed E-state index contributed by atoms with van der Waals surface area (Å²) < 4.78 is 0. The number of aryl methyl sites for hydroxylation is 1. The average Bonchev–Trinajstić information content (AvgIpc) is 2.69. The van der Waals surface area contributed by atoms with Gasteiger partial charge >= 0.3 is 0 Å². The minimum atomic E-state index is -0.596. The van der Waals surface area contributed by atoms with Gasteiger partial charge < -0.3 is 10.2 Å². The Bertz CT molecular complexity index is 885. The van der Waals surface area contributed by atoms with E-state index >= 15 is 0 Å². The van der Waals surface area contributed by atoms with Gasteiger partial charge in [-0.25, -0.2) is 0 Å². The number of amides is 2. The Balaban J connectivity index is 2.20. The zero-order chi connectivity index (χ0) is 23.0. The molecule has 0 unspecified atom stereocenters. The number of benzene rings is 2. The quantitative estimate of drug-likeness (QED) is 0.462. The molecule has 168 valence electrons. The first-order valence-corrected chi connectivity index (χ1v) is 12.3. The zero-order valence-electron chi connectivity index (χ0n) is 18.5. The van der Waals surface area contributed by atoms with Gasteiger partial charge in [0, 0.05) is 33.9 Å². The highest BCUT2D eigenvalue weighted by Gasteiger charge is 2.29. The topological polar surface area (TPSA) is 49.4 Å². The number of carbonyl (C=O) groups is 2. The Kier molecular flexibility index (Phi) is 10.2. The van der Waals surface area contributed by atoms with Crippen molar-refractivity contribution in [3.63, 3.8) is 0 Å². The molecule has 1 atom stereocenters. The molecular weight excluding hydrogens is 451 g/mol. The van der Waals surface area contributed by atoms with Crippen LogP contribution in [0.3, 0.4) is 0 Å². The lowest BCUT2D eigenvalue weighted by molar-refractivity contribution is -0.139. The molecule has 2 aromatic carbocycles. The van der Waals surface area contributed by atoms with Gasteiger partial charge in [0.2, 0.25) is 11.8 Å². The second-order valence-corrected chi connectivity index (χ2v) is 9.59. The van der Waals surface area contributed by atoms with Crippen LogP contribution in [0.5, 0.6) is 0 Å². The first-order chi connectivity index (χ1) is 14.7. The van der Waals surface area contributed by atoms with E-state index in [1.165, 1.54) is 22.9 Å². The highest BCUT2D eigenvalue weighted by molar-refractivity contribution is 7.99. The number of halogens is 2. The highest BCUT2D eigenvalue weighted by Crippen LogP contribution is 2.27. The van der Waals surface area contributed by atoms with Gasteiger partial charge in [-0.05, 0) is 44.9 Å². The van der Waals surface area contributed by atoms with Crippen LogP contribution in [0.15, 0.2) is 42.5 Å². The summed E-state index contributed by atoms with van der Waals surface area (Å²) in [5, 5.41) is 3.89. The van der Waals surface area contributed by atoms with Gasteiger partial charge in [0.15, 0.2) is 0 Å². The molecule has 4 nitrogen and oxygen atoms in total. The molecule has 0 aliphatic heterocycles. The molecule has 0 heterocycles. The normalized spacial score (nSPS) is 12.0. The van der Waals surface area contributed by atoms with E-state index in [0.717, 1.165) is 5.75 Å². The summed E-state index contributed by atoms with van der Waals surface area (Å²) in [6.45, 7) is 7.94. The van der Waals surface area contributed by atoms with E-state index < -0.39 is 6.04 Å². The van der Waals surface area contributed by atoms with Crippen molar-refractivity contribution in [2.24, 2.45) is 0 Å². The molecule has 0 aliphatic carbocycles. The van der Waals surface area contributed by atoms with E-state index in [9.17, 15) is 9.59 Å². The van der Waals surface area contributed by atoms with Crippen molar-refractivity contribution < 1.29 is 9.59 Å². The van der Waals surface area contributed by atoms with Crippen LogP contribution in [-0.2, 0) is 21.9 Å². The maximum atomic E-state index is 13.3. The van der Waals surface area contributed by atoms with Crippen LogP contribution < -0.4 is 5.32 Å². The van der Waals surface area contributed by atoms with Crippen LogP contribution in [0, 0.1) is 6.92 Å². The van der Waals surface area contributed by atoms with Gasteiger partial charge in [0.25, 0.3) is 0 Å². The van der Waals surface area contributed by atoms with Crippen molar-refractivity contribution in [2.75, 3.05) is 5.75 Å². The van der Waals surface area contributed by atoms with Crippen LogP contribution in [-0.4, -0.2) is 34.6 Å². The first kappa shape index (κ1) is 25.6. The number of nitrogens with one attached hydrogen (secondary N) is 1. The van der Waals surface area contributed by atoms with Crippen molar-refractivity contribution in [1.29, 1.82) is 0 Å². The fourth-order valence-corrected chi connectivity index (χ4v) is 4.67. The Morgan fingerprint density at radius 3 is 2.32 bits per heavy atom. The number of hydrogen-bond donors (Lipinski definition) is 1. The molecule has 0 spiro atoms. The second-order valence-electron chi connectivity index (χ2n) is 7.79. The summed E-state index contributed by atoms with van der Waals surface area (Å²) in [7, 11) is 0. The van der Waals surface area contributed by atoms with Crippen molar-refractivity contribution in [3.05, 3.63) is 69.2 Å². The fourth-order valence-electron chi connectivity index (χ4n) is 3.29. The minimum absolute atomic E-state index is 0.0156. The van der Waals surface area contributed by atoms with Crippen LogP contribution in [0.25, 0.3) is 0 Å². The maximum absolute atomic E-state index is 13.3. The van der Waals surface area contributed by atoms with Crippen LogP contribution in [0.4, 0.5) is 0 Å². The van der Waals surface area contributed by atoms with Crippen molar-refractivity contribution in [2.45, 2.75) is 58.5 Å². The lowest BCUT2D eigenvalue weighted by atomic mass is 10.1. The Morgan fingerprint density at radius 1 is 1.10 bits per heavy atom. The molecule has 1 N–H and O–H groups in total. The zero-order valence-corrected chi connectivity index (χ0v) is 20.8. The van der Waals surface area contributed by atoms with Gasteiger partial charge in [-0.2, -0.15) is 0 Å². The monoisotopic (exact) mass is 480 g/mol. The maximum Gasteiger partial charge on any atom is 0.243 e. The third-order valence-corrected chi connectivity index (χ3v) is 6.48. The van der Waals surface area contributed by atoms with Gasteiger partial charge in [0.05, 0.1) is 5.75 Å². The van der Waals surface area contributed by atoms with E-state index in [1.54, 1.807) is 23.1 Å². The number of hydrogen-bond acceptors (Lipinski definition) is 3. The lowest BCUT2D eigenvalue weighted by Crippen LogP contribution is -2.51. The lowest BCUT2D eigenvalue weighted by Gasteiger charge is -2.31. The Hall–Kier alpha value is -1.69.